The Morgan fingerprint density at radius 2 is 1.73 bits per heavy atom. The van der Waals surface area contributed by atoms with E-state index in [1.807, 2.05) is 12.1 Å². The zero-order valence-corrected chi connectivity index (χ0v) is 11.7. The molecule has 7 heteroatoms. The summed E-state index contributed by atoms with van der Waals surface area (Å²) in [6.45, 7) is 0.817. The van der Waals surface area contributed by atoms with Crippen LogP contribution < -0.4 is 10.6 Å². The summed E-state index contributed by atoms with van der Waals surface area (Å²) in [5.74, 6) is 1.74. The molecule has 0 atom stereocenters. The highest BCUT2D eigenvalue weighted by molar-refractivity contribution is 5.91. The monoisotopic (exact) mass is 298 g/mol. The van der Waals surface area contributed by atoms with Gasteiger partial charge in [-0.05, 0) is 24.3 Å². The van der Waals surface area contributed by atoms with Crippen molar-refractivity contribution in [2.45, 2.75) is 13.1 Å². The summed E-state index contributed by atoms with van der Waals surface area (Å²) in [5.41, 5.74) is 0.245. The number of aromatic nitrogens is 2. The summed E-state index contributed by atoms with van der Waals surface area (Å²) >= 11 is 0. The Bertz CT molecular complexity index is 706. The van der Waals surface area contributed by atoms with E-state index in [1.165, 1.54) is 12.4 Å². The van der Waals surface area contributed by atoms with Crippen molar-refractivity contribution in [3.8, 4) is 0 Å². The van der Waals surface area contributed by atoms with Crippen LogP contribution in [0.1, 0.15) is 22.0 Å². The Kier molecular flexibility index (Phi) is 4.15. The molecule has 3 heterocycles. The molecule has 3 aromatic heterocycles. The van der Waals surface area contributed by atoms with E-state index in [-0.39, 0.29) is 11.6 Å². The third kappa shape index (κ3) is 3.51. The highest BCUT2D eigenvalue weighted by Crippen LogP contribution is 2.06. The molecule has 0 saturated heterocycles. The minimum atomic E-state index is -0.304. The Morgan fingerprint density at radius 1 is 1.00 bits per heavy atom. The summed E-state index contributed by atoms with van der Waals surface area (Å²) in [6, 6.07) is 7.22. The summed E-state index contributed by atoms with van der Waals surface area (Å²) in [7, 11) is 0. The van der Waals surface area contributed by atoms with Crippen LogP contribution in [0.4, 0.5) is 5.82 Å². The predicted molar refractivity (Wildman–Crippen MR) is 77.9 cm³/mol. The number of anilines is 1. The zero-order valence-electron chi connectivity index (χ0n) is 11.7. The maximum Gasteiger partial charge on any atom is 0.271 e. The second-order valence-electron chi connectivity index (χ2n) is 4.48. The smallest absolute Gasteiger partial charge is 0.271 e. The van der Waals surface area contributed by atoms with Crippen LogP contribution in [0.15, 0.2) is 58.0 Å². The van der Waals surface area contributed by atoms with Gasteiger partial charge in [0.25, 0.3) is 5.91 Å². The lowest BCUT2D eigenvalue weighted by Gasteiger charge is -2.05. The van der Waals surface area contributed by atoms with Gasteiger partial charge in [0.15, 0.2) is 0 Å². The lowest BCUT2D eigenvalue weighted by Crippen LogP contribution is -2.23. The van der Waals surface area contributed by atoms with Gasteiger partial charge in [-0.1, -0.05) is 0 Å². The second-order valence-corrected chi connectivity index (χ2v) is 4.48. The topological polar surface area (TPSA) is 93.2 Å². The highest BCUT2D eigenvalue weighted by Gasteiger charge is 2.08. The van der Waals surface area contributed by atoms with Gasteiger partial charge in [0.2, 0.25) is 0 Å². The van der Waals surface area contributed by atoms with Crippen molar-refractivity contribution in [3.05, 3.63) is 66.4 Å². The maximum atomic E-state index is 11.9. The summed E-state index contributed by atoms with van der Waals surface area (Å²) in [5, 5.41) is 5.76. The van der Waals surface area contributed by atoms with Gasteiger partial charge in [-0.2, -0.15) is 0 Å². The van der Waals surface area contributed by atoms with Crippen LogP contribution in [0.25, 0.3) is 0 Å². The lowest BCUT2D eigenvalue weighted by molar-refractivity contribution is 0.0942. The van der Waals surface area contributed by atoms with Crippen LogP contribution in [0, 0.1) is 0 Å². The molecule has 0 saturated carbocycles. The molecule has 0 aliphatic rings. The molecular weight excluding hydrogens is 284 g/mol. The molecule has 0 aromatic carbocycles. The van der Waals surface area contributed by atoms with E-state index >= 15 is 0 Å². The largest absolute Gasteiger partial charge is 0.467 e. The molecule has 7 nitrogen and oxygen atoms in total. The molecule has 0 unspecified atom stereocenters. The fourth-order valence-electron chi connectivity index (χ4n) is 1.80. The normalized spacial score (nSPS) is 10.4. The molecule has 0 aliphatic carbocycles. The van der Waals surface area contributed by atoms with Crippen molar-refractivity contribution >= 4 is 11.7 Å². The van der Waals surface area contributed by atoms with Gasteiger partial charge in [0.1, 0.15) is 23.0 Å². The van der Waals surface area contributed by atoms with Crippen LogP contribution in [0.3, 0.4) is 0 Å². The molecule has 0 fully saturated rings. The van der Waals surface area contributed by atoms with Gasteiger partial charge in [-0.15, -0.1) is 0 Å². The predicted octanol–water partition coefficient (Wildman–Crippen LogP) is 2.20. The molecule has 3 rings (SSSR count). The third-order valence-corrected chi connectivity index (χ3v) is 2.91. The average molecular weight is 298 g/mol. The first-order chi connectivity index (χ1) is 10.8. The SMILES string of the molecule is O=C(NCc1ccco1)c1cnc(NCc2ccco2)cn1. The van der Waals surface area contributed by atoms with Crippen molar-refractivity contribution in [2.24, 2.45) is 0 Å². The molecule has 3 aromatic rings. The summed E-state index contributed by atoms with van der Waals surface area (Å²) < 4.78 is 10.3. The van der Waals surface area contributed by atoms with Gasteiger partial charge < -0.3 is 19.5 Å². The highest BCUT2D eigenvalue weighted by atomic mass is 16.3. The van der Waals surface area contributed by atoms with E-state index in [2.05, 4.69) is 20.6 Å². The van der Waals surface area contributed by atoms with Crippen LogP contribution in [0.5, 0.6) is 0 Å². The fraction of sp³-hybridized carbons (Fsp3) is 0.133. The molecule has 0 spiro atoms. The molecule has 0 radical (unpaired) electrons. The number of carbonyl (C=O) groups is 1. The van der Waals surface area contributed by atoms with Crippen LogP contribution >= 0.6 is 0 Å². The number of hydrogen-bond acceptors (Lipinski definition) is 6. The van der Waals surface area contributed by atoms with E-state index in [9.17, 15) is 4.79 Å². The quantitative estimate of drug-likeness (QED) is 0.724. The Morgan fingerprint density at radius 3 is 2.32 bits per heavy atom. The second kappa shape index (κ2) is 6.57. The van der Waals surface area contributed by atoms with Crippen molar-refractivity contribution in [1.29, 1.82) is 0 Å². The third-order valence-electron chi connectivity index (χ3n) is 2.91. The van der Waals surface area contributed by atoms with E-state index in [4.69, 9.17) is 8.83 Å². The Balaban J connectivity index is 1.53. The van der Waals surface area contributed by atoms with Crippen molar-refractivity contribution < 1.29 is 13.6 Å². The number of nitrogens with one attached hydrogen (secondary N) is 2. The van der Waals surface area contributed by atoms with Crippen molar-refractivity contribution in [2.75, 3.05) is 5.32 Å². The number of furan rings is 2. The maximum absolute atomic E-state index is 11.9. The minimum absolute atomic E-state index is 0.245. The standard InChI is InChI=1S/C15H14N4O3/c20-15(19-8-12-4-2-6-22-12)13-9-18-14(10-16-13)17-7-11-3-1-5-21-11/h1-6,9-10H,7-8H2,(H,17,18)(H,19,20). The van der Waals surface area contributed by atoms with E-state index in [1.54, 1.807) is 24.7 Å². The summed E-state index contributed by atoms with van der Waals surface area (Å²) in [6.07, 6.45) is 6.09. The Labute approximate surface area is 126 Å². The number of carbonyl (C=O) groups excluding carboxylic acids is 1. The van der Waals surface area contributed by atoms with Crippen LogP contribution in [-0.4, -0.2) is 15.9 Å². The van der Waals surface area contributed by atoms with Gasteiger partial charge in [0, 0.05) is 0 Å². The van der Waals surface area contributed by atoms with Crippen molar-refractivity contribution in [3.63, 3.8) is 0 Å². The number of hydrogen-bond donors (Lipinski definition) is 2. The molecule has 2 N–H and O–H groups in total. The molecular formula is C15H14N4O3. The fourth-order valence-corrected chi connectivity index (χ4v) is 1.80. The van der Waals surface area contributed by atoms with Gasteiger partial charge in [0.05, 0.1) is 38.0 Å². The zero-order chi connectivity index (χ0) is 15.2. The van der Waals surface area contributed by atoms with Gasteiger partial charge in [-0.25, -0.2) is 9.97 Å². The number of rotatable bonds is 6. The first-order valence-electron chi connectivity index (χ1n) is 6.70. The van der Waals surface area contributed by atoms with Crippen LogP contribution in [-0.2, 0) is 13.1 Å². The molecule has 0 bridgehead atoms. The van der Waals surface area contributed by atoms with E-state index in [0.29, 0.717) is 24.7 Å². The Hall–Kier alpha value is -3.09. The van der Waals surface area contributed by atoms with Crippen molar-refractivity contribution in [1.82, 2.24) is 15.3 Å². The lowest BCUT2D eigenvalue weighted by atomic mass is 10.4. The molecule has 1 amide bonds. The van der Waals surface area contributed by atoms with E-state index in [0.717, 1.165) is 5.76 Å². The average Bonchev–Trinajstić information content (AvgIpc) is 3.24. The molecule has 22 heavy (non-hydrogen) atoms. The summed E-state index contributed by atoms with van der Waals surface area (Å²) in [4.78, 5) is 20.1. The van der Waals surface area contributed by atoms with E-state index < -0.39 is 0 Å². The van der Waals surface area contributed by atoms with Crippen LogP contribution in [0.2, 0.25) is 0 Å². The van der Waals surface area contributed by atoms with Gasteiger partial charge >= 0.3 is 0 Å². The first-order valence-corrected chi connectivity index (χ1v) is 6.70. The first kappa shape index (κ1) is 13.9. The molecule has 0 aliphatic heterocycles. The molecule has 112 valence electrons. The number of amides is 1. The van der Waals surface area contributed by atoms with Gasteiger partial charge in [-0.3, -0.25) is 4.79 Å². The minimum Gasteiger partial charge on any atom is -0.467 e. The number of nitrogens with zero attached hydrogens (tertiary/aromatic N) is 2.